The van der Waals surface area contributed by atoms with Gasteiger partial charge in [-0.25, -0.2) is 0 Å². The summed E-state index contributed by atoms with van der Waals surface area (Å²) in [5.74, 6) is 2.38. The highest BCUT2D eigenvalue weighted by molar-refractivity contribution is 5.21. The topological polar surface area (TPSA) is 20.2 Å². The van der Waals surface area contributed by atoms with E-state index in [-0.39, 0.29) is 6.10 Å². The van der Waals surface area contributed by atoms with Gasteiger partial charge >= 0.3 is 0 Å². The van der Waals surface area contributed by atoms with Crippen molar-refractivity contribution in [3.63, 3.8) is 0 Å². The summed E-state index contributed by atoms with van der Waals surface area (Å²) in [6.07, 6.45) is 5.97. The maximum atomic E-state index is 9.00. The van der Waals surface area contributed by atoms with E-state index >= 15 is 0 Å². The van der Waals surface area contributed by atoms with Crippen LogP contribution in [-0.2, 0) is 0 Å². The standard InChI is InChI=1S/C8H12O/c1-4-7(3)6-8(9)5-2/h1,8-9H,3,5-6H2,2H3. The zero-order valence-electron chi connectivity index (χ0n) is 5.72. The lowest BCUT2D eigenvalue weighted by atomic mass is 10.1. The molecule has 0 aliphatic rings. The quantitative estimate of drug-likeness (QED) is 0.563. The Morgan fingerprint density at radius 1 is 1.89 bits per heavy atom. The van der Waals surface area contributed by atoms with Gasteiger partial charge in [-0.3, -0.25) is 0 Å². The number of aliphatic hydroxyl groups is 1. The van der Waals surface area contributed by atoms with Gasteiger partial charge in [0.15, 0.2) is 0 Å². The van der Waals surface area contributed by atoms with Crippen LogP contribution in [0.4, 0.5) is 0 Å². The Hall–Kier alpha value is -0.740. The third-order valence-electron chi connectivity index (χ3n) is 1.16. The Morgan fingerprint density at radius 3 is 2.78 bits per heavy atom. The van der Waals surface area contributed by atoms with Gasteiger partial charge in [-0.1, -0.05) is 19.4 Å². The Balaban J connectivity index is 3.50. The number of aliphatic hydroxyl groups excluding tert-OH is 1. The van der Waals surface area contributed by atoms with Crippen LogP contribution in [0.15, 0.2) is 12.2 Å². The maximum absolute atomic E-state index is 9.00. The molecule has 1 unspecified atom stereocenters. The summed E-state index contributed by atoms with van der Waals surface area (Å²) in [6, 6.07) is 0. The molecule has 0 spiro atoms. The number of rotatable bonds is 3. The second-order valence-corrected chi connectivity index (χ2v) is 2.01. The lowest BCUT2D eigenvalue weighted by Gasteiger charge is -2.04. The van der Waals surface area contributed by atoms with Gasteiger partial charge in [-0.15, -0.1) is 6.42 Å². The molecule has 0 aromatic rings. The molecule has 0 saturated carbocycles. The molecule has 0 fully saturated rings. The van der Waals surface area contributed by atoms with Crippen LogP contribution in [0.2, 0.25) is 0 Å². The van der Waals surface area contributed by atoms with E-state index in [1.54, 1.807) is 0 Å². The molecule has 1 nitrogen and oxygen atoms in total. The number of hydrogen-bond donors (Lipinski definition) is 1. The molecule has 1 N–H and O–H groups in total. The van der Waals surface area contributed by atoms with Crippen LogP contribution in [0.3, 0.4) is 0 Å². The third kappa shape index (κ3) is 3.81. The first-order chi connectivity index (χ1) is 4.20. The molecular weight excluding hydrogens is 112 g/mol. The summed E-state index contributed by atoms with van der Waals surface area (Å²) in [5, 5.41) is 9.00. The average molecular weight is 124 g/mol. The SMILES string of the molecule is C#CC(=C)CC(O)CC. The van der Waals surface area contributed by atoms with E-state index in [0.717, 1.165) is 6.42 Å². The molecule has 9 heavy (non-hydrogen) atoms. The largest absolute Gasteiger partial charge is 0.393 e. The van der Waals surface area contributed by atoms with E-state index in [1.165, 1.54) is 0 Å². The van der Waals surface area contributed by atoms with Gasteiger partial charge in [0, 0.05) is 6.42 Å². The molecule has 1 atom stereocenters. The van der Waals surface area contributed by atoms with Gasteiger partial charge in [0.2, 0.25) is 0 Å². The minimum atomic E-state index is -0.312. The van der Waals surface area contributed by atoms with Crippen LogP contribution in [0.5, 0.6) is 0 Å². The fourth-order valence-electron chi connectivity index (χ4n) is 0.488. The Morgan fingerprint density at radius 2 is 2.44 bits per heavy atom. The zero-order chi connectivity index (χ0) is 7.28. The molecule has 0 aliphatic carbocycles. The van der Waals surface area contributed by atoms with E-state index in [1.807, 2.05) is 6.92 Å². The summed E-state index contributed by atoms with van der Waals surface area (Å²) in [6.45, 7) is 5.48. The predicted molar refractivity (Wildman–Crippen MR) is 38.9 cm³/mol. The molecule has 0 rings (SSSR count). The van der Waals surface area contributed by atoms with Crippen molar-refractivity contribution in [1.29, 1.82) is 0 Å². The van der Waals surface area contributed by atoms with Gasteiger partial charge < -0.3 is 5.11 Å². The zero-order valence-corrected chi connectivity index (χ0v) is 5.72. The van der Waals surface area contributed by atoms with Crippen molar-refractivity contribution >= 4 is 0 Å². The summed E-state index contributed by atoms with van der Waals surface area (Å²) >= 11 is 0. The van der Waals surface area contributed by atoms with E-state index in [2.05, 4.69) is 12.5 Å². The van der Waals surface area contributed by atoms with Gasteiger partial charge in [0.1, 0.15) is 0 Å². The van der Waals surface area contributed by atoms with E-state index in [4.69, 9.17) is 11.5 Å². The van der Waals surface area contributed by atoms with E-state index in [0.29, 0.717) is 12.0 Å². The number of terminal acetylenes is 1. The highest BCUT2D eigenvalue weighted by Crippen LogP contribution is 2.03. The number of hydrogen-bond acceptors (Lipinski definition) is 1. The van der Waals surface area contributed by atoms with E-state index in [9.17, 15) is 0 Å². The fraction of sp³-hybridized carbons (Fsp3) is 0.500. The van der Waals surface area contributed by atoms with Crippen molar-refractivity contribution in [1.82, 2.24) is 0 Å². The van der Waals surface area contributed by atoms with Crippen LogP contribution in [0.25, 0.3) is 0 Å². The summed E-state index contributed by atoms with van der Waals surface area (Å²) < 4.78 is 0. The van der Waals surface area contributed by atoms with Crippen LogP contribution >= 0.6 is 0 Å². The smallest absolute Gasteiger partial charge is 0.0584 e. The molecule has 0 amide bonds. The average Bonchev–Trinajstić information content (AvgIpc) is 1.87. The van der Waals surface area contributed by atoms with E-state index < -0.39 is 0 Å². The molecular formula is C8H12O. The van der Waals surface area contributed by atoms with Crippen molar-refractivity contribution in [3.8, 4) is 12.3 Å². The highest BCUT2D eigenvalue weighted by Gasteiger charge is 1.99. The second-order valence-electron chi connectivity index (χ2n) is 2.01. The van der Waals surface area contributed by atoms with Crippen LogP contribution in [-0.4, -0.2) is 11.2 Å². The lowest BCUT2D eigenvalue weighted by molar-refractivity contribution is 0.172. The molecule has 0 aromatic heterocycles. The molecule has 0 bridgehead atoms. The molecule has 0 aromatic carbocycles. The fourth-order valence-corrected chi connectivity index (χ4v) is 0.488. The van der Waals surface area contributed by atoms with Gasteiger partial charge in [-0.2, -0.15) is 0 Å². The first-order valence-corrected chi connectivity index (χ1v) is 3.03. The monoisotopic (exact) mass is 124 g/mol. The minimum absolute atomic E-state index is 0.312. The van der Waals surface area contributed by atoms with Crippen LogP contribution in [0, 0.1) is 12.3 Å². The Kier molecular flexibility index (Phi) is 3.83. The second kappa shape index (κ2) is 4.17. The first-order valence-electron chi connectivity index (χ1n) is 3.03. The minimum Gasteiger partial charge on any atom is -0.393 e. The first kappa shape index (κ1) is 8.26. The van der Waals surface area contributed by atoms with Crippen molar-refractivity contribution in [3.05, 3.63) is 12.2 Å². The third-order valence-corrected chi connectivity index (χ3v) is 1.16. The summed E-state index contributed by atoms with van der Waals surface area (Å²) in [4.78, 5) is 0. The molecule has 0 heterocycles. The lowest BCUT2D eigenvalue weighted by Crippen LogP contribution is -2.03. The molecule has 1 heteroatoms. The van der Waals surface area contributed by atoms with Gasteiger partial charge in [0.05, 0.1) is 6.10 Å². The highest BCUT2D eigenvalue weighted by atomic mass is 16.3. The van der Waals surface area contributed by atoms with Crippen molar-refractivity contribution < 1.29 is 5.11 Å². The molecule has 0 saturated heterocycles. The molecule has 0 aliphatic heterocycles. The summed E-state index contributed by atoms with van der Waals surface area (Å²) in [5.41, 5.74) is 0.671. The Bertz CT molecular complexity index is 130. The summed E-state index contributed by atoms with van der Waals surface area (Å²) in [7, 11) is 0. The predicted octanol–water partition coefficient (Wildman–Crippen LogP) is 1.34. The van der Waals surface area contributed by atoms with Crippen molar-refractivity contribution in [2.24, 2.45) is 0 Å². The maximum Gasteiger partial charge on any atom is 0.0584 e. The van der Waals surface area contributed by atoms with Gasteiger partial charge in [0.25, 0.3) is 0 Å². The normalized spacial score (nSPS) is 12.1. The van der Waals surface area contributed by atoms with Crippen molar-refractivity contribution in [2.45, 2.75) is 25.9 Å². The van der Waals surface area contributed by atoms with Crippen molar-refractivity contribution in [2.75, 3.05) is 0 Å². The Labute approximate surface area is 56.4 Å². The molecule has 0 radical (unpaired) electrons. The van der Waals surface area contributed by atoms with Crippen LogP contribution < -0.4 is 0 Å². The van der Waals surface area contributed by atoms with Crippen LogP contribution in [0.1, 0.15) is 19.8 Å². The molecule has 50 valence electrons. The van der Waals surface area contributed by atoms with Gasteiger partial charge in [-0.05, 0) is 12.0 Å².